The van der Waals surface area contributed by atoms with Crippen LogP contribution in [0.15, 0.2) is 60.8 Å². The van der Waals surface area contributed by atoms with Crippen molar-refractivity contribution < 1.29 is 29.1 Å². The molecular weight excluding hydrogens is 545 g/mol. The maximum absolute atomic E-state index is 13.6. The Balaban J connectivity index is 1.78. The van der Waals surface area contributed by atoms with E-state index >= 15 is 0 Å². The Morgan fingerprint density at radius 1 is 1.13 bits per heavy atom. The molecule has 206 valence electrons. The van der Waals surface area contributed by atoms with Gasteiger partial charge in [0.25, 0.3) is 0 Å². The molecule has 2 heterocycles. The molecule has 0 bridgehead atoms. The number of ether oxygens (including phenoxy) is 1. The van der Waals surface area contributed by atoms with Gasteiger partial charge in [-0.1, -0.05) is 48.0 Å². The van der Waals surface area contributed by atoms with E-state index in [-0.39, 0.29) is 31.6 Å². The van der Waals surface area contributed by atoms with Crippen LogP contribution in [0, 0.1) is 0 Å². The first-order valence-electron chi connectivity index (χ1n) is 12.4. The van der Waals surface area contributed by atoms with Gasteiger partial charge in [-0.25, -0.2) is 14.7 Å². The van der Waals surface area contributed by atoms with Crippen molar-refractivity contribution in [3.8, 4) is 0 Å². The molecule has 0 spiro atoms. The van der Waals surface area contributed by atoms with Gasteiger partial charge in [0, 0.05) is 28.7 Å². The number of pyridine rings is 1. The van der Waals surface area contributed by atoms with Crippen LogP contribution in [-0.2, 0) is 26.5 Å². The maximum atomic E-state index is 13.6. The molecule has 39 heavy (non-hydrogen) atoms. The summed E-state index contributed by atoms with van der Waals surface area (Å²) in [4.78, 5) is 50.6. The fourth-order valence-corrected chi connectivity index (χ4v) is 5.22. The van der Waals surface area contributed by atoms with Gasteiger partial charge in [0.1, 0.15) is 12.2 Å². The number of piperidine rings is 1. The number of carbonyl (C=O) groups is 3. The SMILES string of the molecule is CC(C)(C)OC(=O)N1C[C@H](N(OCc2ccccc2)C(=O)Cl)CC[C@@]1(C(=O)O)c1ccc(Cl)c2cccnc12. The molecule has 1 saturated heterocycles. The highest BCUT2D eigenvalue weighted by Crippen LogP contribution is 2.44. The summed E-state index contributed by atoms with van der Waals surface area (Å²) < 4.78 is 5.66. The summed E-state index contributed by atoms with van der Waals surface area (Å²) >= 11 is 12.3. The maximum Gasteiger partial charge on any atom is 0.411 e. The Hall–Kier alpha value is -3.40. The Kier molecular flexibility index (Phi) is 8.34. The molecule has 1 aliphatic rings. The first-order chi connectivity index (χ1) is 18.4. The van der Waals surface area contributed by atoms with E-state index in [0.29, 0.717) is 15.9 Å². The van der Waals surface area contributed by atoms with Gasteiger partial charge in [-0.3, -0.25) is 19.5 Å². The number of carbonyl (C=O) groups excluding carboxylic acids is 2. The molecule has 11 heteroatoms. The van der Waals surface area contributed by atoms with Gasteiger partial charge in [-0.2, -0.15) is 0 Å². The molecule has 3 aromatic rings. The summed E-state index contributed by atoms with van der Waals surface area (Å²) in [5.41, 5.74) is -1.34. The average Bonchev–Trinajstić information content (AvgIpc) is 2.88. The summed E-state index contributed by atoms with van der Waals surface area (Å²) in [5, 5.41) is 11.8. The van der Waals surface area contributed by atoms with Crippen LogP contribution < -0.4 is 0 Å². The van der Waals surface area contributed by atoms with Crippen molar-refractivity contribution in [3.05, 3.63) is 76.9 Å². The Labute approximate surface area is 236 Å². The molecule has 2 aromatic carbocycles. The predicted octanol–water partition coefficient (Wildman–Crippen LogP) is 6.36. The minimum atomic E-state index is -1.86. The number of hydrogen-bond donors (Lipinski definition) is 1. The second-order valence-corrected chi connectivity index (χ2v) is 11.0. The molecule has 2 atom stereocenters. The van der Waals surface area contributed by atoms with Crippen molar-refractivity contribution in [2.24, 2.45) is 0 Å². The third-order valence-corrected chi connectivity index (χ3v) is 7.04. The standard InChI is InChI=1S/C28H29Cl2N3O6/c1-27(2,3)39-26(37)32-16-19(33(25(30)36)38-17-18-8-5-4-6-9-18)13-14-28(32,24(34)35)21-11-12-22(29)20-10-7-15-31-23(20)21/h4-12,15,19H,13-14,16-17H2,1-3H3,(H,34,35)/t19-,28+/m1/s1. The number of likely N-dealkylation sites (tertiary alicyclic amines) is 1. The zero-order valence-corrected chi connectivity index (χ0v) is 23.3. The lowest BCUT2D eigenvalue weighted by Crippen LogP contribution is -2.63. The molecule has 4 rings (SSSR count). The molecule has 1 aliphatic heterocycles. The second-order valence-electron chi connectivity index (χ2n) is 10.3. The smallest absolute Gasteiger partial charge is 0.411 e. The summed E-state index contributed by atoms with van der Waals surface area (Å²) in [6.07, 6.45) is 0.760. The predicted molar refractivity (Wildman–Crippen MR) is 146 cm³/mol. The number of hydrogen-bond acceptors (Lipinski definition) is 6. The Morgan fingerprint density at radius 2 is 1.85 bits per heavy atom. The molecule has 2 amide bonds. The van der Waals surface area contributed by atoms with Gasteiger partial charge in [0.05, 0.1) is 11.6 Å². The molecule has 0 unspecified atom stereocenters. The van der Waals surface area contributed by atoms with Crippen molar-refractivity contribution in [1.82, 2.24) is 14.9 Å². The number of benzene rings is 2. The second kappa shape index (κ2) is 11.4. The van der Waals surface area contributed by atoms with Crippen LogP contribution in [0.3, 0.4) is 0 Å². The largest absolute Gasteiger partial charge is 0.479 e. The van der Waals surface area contributed by atoms with E-state index in [4.69, 9.17) is 32.8 Å². The fraction of sp³-hybridized carbons (Fsp3) is 0.357. The molecule has 1 aromatic heterocycles. The van der Waals surface area contributed by atoms with Crippen LogP contribution in [0.1, 0.15) is 44.7 Å². The minimum absolute atomic E-state index is 0.0536. The topological polar surface area (TPSA) is 109 Å². The highest BCUT2D eigenvalue weighted by molar-refractivity contribution is 6.62. The van der Waals surface area contributed by atoms with E-state index in [2.05, 4.69) is 4.98 Å². The summed E-state index contributed by atoms with van der Waals surface area (Å²) in [6.45, 7) is 4.90. The lowest BCUT2D eigenvalue weighted by molar-refractivity contribution is -0.177. The Bertz CT molecular complexity index is 1380. The van der Waals surface area contributed by atoms with Crippen LogP contribution in [-0.4, -0.2) is 55.7 Å². The third-order valence-electron chi connectivity index (χ3n) is 6.54. The van der Waals surface area contributed by atoms with Crippen LogP contribution in [0.25, 0.3) is 10.9 Å². The van der Waals surface area contributed by atoms with E-state index in [9.17, 15) is 19.5 Å². The van der Waals surface area contributed by atoms with E-state index in [1.54, 1.807) is 45.0 Å². The van der Waals surface area contributed by atoms with Gasteiger partial charge in [0.2, 0.25) is 0 Å². The normalized spacial score (nSPS) is 19.5. The average molecular weight is 574 g/mol. The van der Waals surface area contributed by atoms with Crippen LogP contribution in [0.5, 0.6) is 0 Å². The molecular formula is C28H29Cl2N3O6. The number of amides is 2. The van der Waals surface area contributed by atoms with E-state index < -0.39 is 34.6 Å². The van der Waals surface area contributed by atoms with Crippen molar-refractivity contribution in [2.45, 2.75) is 57.4 Å². The Morgan fingerprint density at radius 3 is 2.49 bits per heavy atom. The molecule has 0 aliphatic carbocycles. The minimum Gasteiger partial charge on any atom is -0.479 e. The lowest BCUT2D eigenvalue weighted by Gasteiger charge is -2.48. The van der Waals surface area contributed by atoms with Gasteiger partial charge < -0.3 is 9.84 Å². The monoisotopic (exact) mass is 573 g/mol. The van der Waals surface area contributed by atoms with E-state index in [1.807, 2.05) is 30.3 Å². The van der Waals surface area contributed by atoms with Crippen molar-refractivity contribution in [1.29, 1.82) is 0 Å². The van der Waals surface area contributed by atoms with Crippen molar-refractivity contribution in [2.75, 3.05) is 6.54 Å². The summed E-state index contributed by atoms with van der Waals surface area (Å²) in [5.74, 6) is -1.27. The summed E-state index contributed by atoms with van der Waals surface area (Å²) in [7, 11) is 0. The van der Waals surface area contributed by atoms with Gasteiger partial charge in [-0.15, -0.1) is 0 Å². The summed E-state index contributed by atoms with van der Waals surface area (Å²) in [6, 6.07) is 15.0. The highest BCUT2D eigenvalue weighted by atomic mass is 35.5. The molecule has 1 fully saturated rings. The van der Waals surface area contributed by atoms with Crippen molar-refractivity contribution in [3.63, 3.8) is 0 Å². The first kappa shape index (κ1) is 28.6. The molecule has 0 saturated carbocycles. The number of hydroxylamine groups is 2. The molecule has 1 N–H and O–H groups in total. The lowest BCUT2D eigenvalue weighted by atomic mass is 9.78. The van der Waals surface area contributed by atoms with Crippen LogP contribution in [0.2, 0.25) is 5.02 Å². The number of fused-ring (bicyclic) bond motifs is 1. The van der Waals surface area contributed by atoms with Crippen LogP contribution >= 0.6 is 23.2 Å². The molecule has 9 nitrogen and oxygen atoms in total. The number of rotatable bonds is 6. The number of aromatic nitrogens is 1. The van der Waals surface area contributed by atoms with Gasteiger partial charge in [0.15, 0.2) is 5.54 Å². The van der Waals surface area contributed by atoms with Crippen LogP contribution in [0.4, 0.5) is 9.59 Å². The number of carboxylic acids is 1. The van der Waals surface area contributed by atoms with Gasteiger partial charge in [-0.05, 0) is 69.0 Å². The third kappa shape index (κ3) is 5.95. The van der Waals surface area contributed by atoms with Gasteiger partial charge >= 0.3 is 17.4 Å². The first-order valence-corrected chi connectivity index (χ1v) is 13.1. The fourth-order valence-electron chi connectivity index (χ4n) is 4.81. The van der Waals surface area contributed by atoms with E-state index in [1.165, 1.54) is 6.20 Å². The highest BCUT2D eigenvalue weighted by Gasteiger charge is 2.55. The zero-order chi connectivity index (χ0) is 28.4. The number of carboxylic acid groups (broad SMARTS) is 1. The zero-order valence-electron chi connectivity index (χ0n) is 21.8. The quantitative estimate of drug-likeness (QED) is 0.207. The number of aliphatic carboxylic acids is 1. The van der Waals surface area contributed by atoms with Crippen molar-refractivity contribution >= 4 is 51.5 Å². The molecule has 0 radical (unpaired) electrons. The number of halogens is 2. The number of nitrogens with zero attached hydrogens (tertiary/aromatic N) is 3. The van der Waals surface area contributed by atoms with E-state index in [0.717, 1.165) is 15.5 Å².